The van der Waals surface area contributed by atoms with E-state index in [1.54, 1.807) is 12.1 Å². The molecule has 14 heteroatoms. The summed E-state index contributed by atoms with van der Waals surface area (Å²) < 4.78 is 16.9. The van der Waals surface area contributed by atoms with Crippen molar-refractivity contribution >= 4 is 123 Å². The maximum Gasteiger partial charge on any atom is 0.495 e. The van der Waals surface area contributed by atoms with Gasteiger partial charge in [0.1, 0.15) is 22.3 Å². The van der Waals surface area contributed by atoms with Gasteiger partial charge in [0.25, 0.3) is 11.4 Å². The van der Waals surface area contributed by atoms with E-state index in [1.165, 1.54) is 62.9 Å². The van der Waals surface area contributed by atoms with Gasteiger partial charge < -0.3 is 28.0 Å². The summed E-state index contributed by atoms with van der Waals surface area (Å²) in [5, 5.41) is 49.0. The number of hydrogen-bond donors (Lipinski definition) is 2. The van der Waals surface area contributed by atoms with E-state index in [4.69, 9.17) is 30.5 Å². The Hall–Kier alpha value is -9.53. The molecule has 0 aliphatic rings. The zero-order chi connectivity index (χ0) is 50.6. The van der Waals surface area contributed by atoms with Gasteiger partial charge in [0.2, 0.25) is 0 Å². The number of nitrogens with zero attached hydrogens (tertiary/aromatic N) is 4. The minimum absolute atomic E-state index is 0. The SMILES string of the molecule is C.Clc1ccc2c(c1)oc1cc(-n3c4ccccc4c4ccccc43)ccc12.O=[N+]([O-])c1ccccc1-c1ccc2c(c1)oc1cc(-n3c4ccccc4c4ccccc43)ccc12.O=[N+]([O-])c1ccccc1B(O)O. The second-order valence-electron chi connectivity index (χ2n) is 17.6. The first-order chi connectivity index (χ1) is 36.1. The first-order valence-corrected chi connectivity index (χ1v) is 23.9. The van der Waals surface area contributed by atoms with Crippen molar-refractivity contribution in [3.8, 4) is 22.5 Å². The molecule has 0 aliphatic heterocycles. The molecule has 364 valence electrons. The molecule has 4 aromatic heterocycles. The van der Waals surface area contributed by atoms with Crippen LogP contribution in [0.1, 0.15) is 7.43 Å². The van der Waals surface area contributed by atoms with E-state index in [2.05, 4.69) is 143 Å². The molecule has 0 saturated carbocycles. The molecule has 0 amide bonds. The van der Waals surface area contributed by atoms with Gasteiger partial charge in [-0.2, -0.15) is 0 Å². The number of rotatable bonds is 6. The van der Waals surface area contributed by atoms with Crippen LogP contribution < -0.4 is 5.46 Å². The van der Waals surface area contributed by atoms with Crippen LogP contribution in [0, 0.1) is 20.2 Å². The monoisotopic (exact) mass is 1000 g/mol. The average Bonchev–Trinajstić information content (AvgIpc) is 4.18. The van der Waals surface area contributed by atoms with Crippen LogP contribution in [0.25, 0.3) is 110 Å². The maximum absolute atomic E-state index is 11.5. The zero-order valence-electron chi connectivity index (χ0n) is 38.9. The van der Waals surface area contributed by atoms with Crippen molar-refractivity contribution in [3.05, 3.63) is 244 Å². The number of aromatic nitrogens is 2. The number of nitro groups is 2. The number of halogens is 1. The normalized spacial score (nSPS) is 11.2. The molecule has 0 spiro atoms. The Morgan fingerprint density at radius 2 is 0.787 bits per heavy atom. The molecule has 0 saturated heterocycles. The van der Waals surface area contributed by atoms with Gasteiger partial charge in [0, 0.05) is 89.8 Å². The number of fused-ring (bicyclic) bond motifs is 12. The molecular weight excluding hydrogens is 963 g/mol. The average molecular weight is 1010 g/mol. The topological polar surface area (TPSA) is 163 Å². The first kappa shape index (κ1) is 47.8. The molecule has 10 aromatic carbocycles. The standard InChI is InChI=1S/C30H18N2O3.C24H14ClNO.C6H6BNO4.CH4/c33-32(34)28-12-6-1-7-21(28)19-13-15-24-25-16-14-20(18-30(25)35-29(24)17-19)31-26-10-4-2-8-22(26)23-9-3-5-11-27(23)31;25-15-9-11-19-20-12-10-16(14-24(20)27-23(19)13-15)26-21-7-3-1-5-17(21)18-6-2-4-8-22(18)26;9-7(10)5-3-1-2-4-6(5)8(11)12;/h1-18H;1-14H;1-4,9-10H;1H4. The van der Waals surface area contributed by atoms with E-state index in [-0.39, 0.29) is 29.2 Å². The van der Waals surface area contributed by atoms with Crippen LogP contribution in [0.3, 0.4) is 0 Å². The minimum Gasteiger partial charge on any atom is -0.456 e. The molecule has 2 N–H and O–H groups in total. The molecule has 0 aliphatic carbocycles. The van der Waals surface area contributed by atoms with E-state index >= 15 is 0 Å². The van der Waals surface area contributed by atoms with Gasteiger partial charge >= 0.3 is 7.12 Å². The Bertz CT molecular complexity index is 4430. The molecule has 0 radical (unpaired) electrons. The molecular formula is C61H42BClN4O8. The van der Waals surface area contributed by atoms with Gasteiger partial charge in [-0.05, 0) is 84.4 Å². The van der Waals surface area contributed by atoms with Crippen molar-refractivity contribution < 1.29 is 28.7 Å². The summed E-state index contributed by atoms with van der Waals surface area (Å²) in [5.41, 5.74) is 11.0. The van der Waals surface area contributed by atoms with Crippen LogP contribution in [0.4, 0.5) is 11.4 Å². The smallest absolute Gasteiger partial charge is 0.456 e. The summed E-state index contributed by atoms with van der Waals surface area (Å²) in [6, 6.07) is 70.4. The van der Waals surface area contributed by atoms with Crippen LogP contribution in [0.5, 0.6) is 0 Å². The third-order valence-electron chi connectivity index (χ3n) is 13.4. The van der Waals surface area contributed by atoms with Crippen molar-refractivity contribution in [1.29, 1.82) is 0 Å². The molecule has 14 aromatic rings. The van der Waals surface area contributed by atoms with Gasteiger partial charge in [-0.3, -0.25) is 20.2 Å². The lowest BCUT2D eigenvalue weighted by molar-refractivity contribution is -0.384. The Labute approximate surface area is 432 Å². The van der Waals surface area contributed by atoms with Crippen LogP contribution in [0.2, 0.25) is 5.02 Å². The second-order valence-corrected chi connectivity index (χ2v) is 18.1. The van der Waals surface area contributed by atoms with Crippen LogP contribution in [-0.4, -0.2) is 36.1 Å². The molecule has 0 fully saturated rings. The largest absolute Gasteiger partial charge is 0.495 e. The van der Waals surface area contributed by atoms with E-state index < -0.39 is 12.0 Å². The number of nitro benzene ring substituents is 2. The van der Waals surface area contributed by atoms with Crippen LogP contribution >= 0.6 is 11.6 Å². The lowest BCUT2D eigenvalue weighted by Crippen LogP contribution is -2.31. The highest BCUT2D eigenvalue weighted by Gasteiger charge is 2.23. The summed E-state index contributed by atoms with van der Waals surface area (Å²) in [6.45, 7) is 0. The molecule has 0 atom stereocenters. The van der Waals surface area contributed by atoms with Crippen molar-refractivity contribution in [2.24, 2.45) is 0 Å². The van der Waals surface area contributed by atoms with Gasteiger partial charge in [0.05, 0.1) is 42.9 Å². The van der Waals surface area contributed by atoms with E-state index in [9.17, 15) is 20.2 Å². The van der Waals surface area contributed by atoms with E-state index in [0.29, 0.717) is 16.2 Å². The number of para-hydroxylation sites is 6. The van der Waals surface area contributed by atoms with E-state index in [1.807, 2.05) is 42.5 Å². The fraction of sp³-hybridized carbons (Fsp3) is 0.0164. The molecule has 0 bridgehead atoms. The third kappa shape index (κ3) is 8.46. The second kappa shape index (κ2) is 19.5. The molecule has 14 rings (SSSR count). The predicted octanol–water partition coefficient (Wildman–Crippen LogP) is 15.5. The van der Waals surface area contributed by atoms with E-state index in [0.717, 1.165) is 66.3 Å². The first-order valence-electron chi connectivity index (χ1n) is 23.5. The number of benzene rings is 10. The highest BCUT2D eigenvalue weighted by Crippen LogP contribution is 2.39. The predicted molar refractivity (Wildman–Crippen MR) is 303 cm³/mol. The highest BCUT2D eigenvalue weighted by atomic mass is 35.5. The number of hydrogen-bond acceptors (Lipinski definition) is 8. The third-order valence-corrected chi connectivity index (χ3v) is 13.6. The zero-order valence-corrected chi connectivity index (χ0v) is 39.6. The summed E-state index contributed by atoms with van der Waals surface area (Å²) in [4.78, 5) is 20.8. The van der Waals surface area contributed by atoms with Gasteiger partial charge in [0.15, 0.2) is 0 Å². The Kier molecular flexibility index (Phi) is 12.4. The quantitative estimate of drug-likeness (QED) is 0.0944. The number of furan rings is 2. The highest BCUT2D eigenvalue weighted by molar-refractivity contribution is 6.60. The fourth-order valence-corrected chi connectivity index (χ4v) is 10.3. The van der Waals surface area contributed by atoms with Crippen LogP contribution in [0.15, 0.2) is 227 Å². The van der Waals surface area contributed by atoms with Gasteiger partial charge in [-0.1, -0.05) is 128 Å². The molecule has 12 nitrogen and oxygen atoms in total. The van der Waals surface area contributed by atoms with Crippen molar-refractivity contribution in [1.82, 2.24) is 9.13 Å². The Morgan fingerprint density at radius 1 is 0.413 bits per heavy atom. The molecule has 0 unspecified atom stereocenters. The minimum atomic E-state index is -1.80. The lowest BCUT2D eigenvalue weighted by atomic mass is 9.79. The van der Waals surface area contributed by atoms with Crippen molar-refractivity contribution in [2.75, 3.05) is 0 Å². The fourth-order valence-electron chi connectivity index (χ4n) is 10.1. The van der Waals surface area contributed by atoms with Crippen molar-refractivity contribution in [3.63, 3.8) is 0 Å². The summed E-state index contributed by atoms with van der Waals surface area (Å²) in [6.07, 6.45) is 0. The maximum atomic E-state index is 11.5. The molecule has 75 heavy (non-hydrogen) atoms. The molecule has 4 heterocycles. The van der Waals surface area contributed by atoms with Gasteiger partial charge in [-0.25, -0.2) is 0 Å². The van der Waals surface area contributed by atoms with Crippen molar-refractivity contribution in [2.45, 2.75) is 7.43 Å². The summed E-state index contributed by atoms with van der Waals surface area (Å²) in [7, 11) is -1.80. The Morgan fingerprint density at radius 3 is 1.24 bits per heavy atom. The summed E-state index contributed by atoms with van der Waals surface area (Å²) in [5.74, 6) is 0. The summed E-state index contributed by atoms with van der Waals surface area (Å²) >= 11 is 6.13. The Balaban J connectivity index is 0.000000133. The van der Waals surface area contributed by atoms with Gasteiger partial charge in [-0.15, -0.1) is 0 Å². The lowest BCUT2D eigenvalue weighted by Gasteiger charge is -2.07. The van der Waals surface area contributed by atoms with Crippen LogP contribution in [-0.2, 0) is 0 Å².